The van der Waals surface area contributed by atoms with Gasteiger partial charge in [0.25, 0.3) is 0 Å². The van der Waals surface area contributed by atoms with Gasteiger partial charge in [0, 0.05) is 18.2 Å². The predicted molar refractivity (Wildman–Crippen MR) is 81.6 cm³/mol. The first kappa shape index (κ1) is 16.8. The summed E-state index contributed by atoms with van der Waals surface area (Å²) in [5, 5.41) is 2.82. The number of ether oxygens (including phenoxy) is 2. The van der Waals surface area contributed by atoms with E-state index in [1.165, 1.54) is 0 Å². The number of carbonyl (C=O) groups is 1. The van der Waals surface area contributed by atoms with Crippen molar-refractivity contribution < 1.29 is 14.3 Å². The SMILES string of the molecule is CCCOCCC(=O)Nc1ccc(OCCCCl)cc1. The van der Waals surface area contributed by atoms with Gasteiger partial charge in [0.05, 0.1) is 19.6 Å². The number of nitrogens with one attached hydrogen (secondary N) is 1. The van der Waals surface area contributed by atoms with Crippen molar-refractivity contribution in [2.75, 3.05) is 31.0 Å². The molecule has 20 heavy (non-hydrogen) atoms. The van der Waals surface area contributed by atoms with Crippen molar-refractivity contribution in [3.05, 3.63) is 24.3 Å². The molecule has 0 radical (unpaired) electrons. The van der Waals surface area contributed by atoms with Gasteiger partial charge in [-0.1, -0.05) is 6.92 Å². The van der Waals surface area contributed by atoms with Gasteiger partial charge in [-0.15, -0.1) is 11.6 Å². The molecule has 1 aromatic rings. The molecular weight excluding hydrogens is 278 g/mol. The summed E-state index contributed by atoms with van der Waals surface area (Å²) in [5.74, 6) is 1.32. The van der Waals surface area contributed by atoms with Crippen LogP contribution in [-0.2, 0) is 9.53 Å². The fourth-order valence-electron chi connectivity index (χ4n) is 1.51. The largest absolute Gasteiger partial charge is 0.494 e. The molecule has 0 heterocycles. The van der Waals surface area contributed by atoms with Gasteiger partial charge in [0.2, 0.25) is 5.91 Å². The number of hydrogen-bond donors (Lipinski definition) is 1. The number of amides is 1. The first-order valence-corrected chi connectivity index (χ1v) is 7.46. The van der Waals surface area contributed by atoms with E-state index in [0.717, 1.165) is 24.3 Å². The molecule has 1 amide bonds. The van der Waals surface area contributed by atoms with Gasteiger partial charge in [0.15, 0.2) is 0 Å². The Hall–Kier alpha value is -1.26. The van der Waals surface area contributed by atoms with Gasteiger partial charge in [0.1, 0.15) is 5.75 Å². The molecule has 1 aromatic carbocycles. The number of alkyl halides is 1. The Morgan fingerprint density at radius 3 is 2.60 bits per heavy atom. The molecule has 1 N–H and O–H groups in total. The molecule has 0 spiro atoms. The first-order valence-electron chi connectivity index (χ1n) is 6.92. The maximum Gasteiger partial charge on any atom is 0.226 e. The molecule has 112 valence electrons. The van der Waals surface area contributed by atoms with Crippen molar-refractivity contribution in [3.8, 4) is 5.75 Å². The van der Waals surface area contributed by atoms with E-state index in [0.29, 0.717) is 32.1 Å². The summed E-state index contributed by atoms with van der Waals surface area (Å²) in [7, 11) is 0. The molecule has 0 bridgehead atoms. The molecule has 0 aliphatic carbocycles. The Morgan fingerprint density at radius 2 is 1.95 bits per heavy atom. The van der Waals surface area contributed by atoms with E-state index in [1.807, 2.05) is 31.2 Å². The van der Waals surface area contributed by atoms with E-state index >= 15 is 0 Å². The van der Waals surface area contributed by atoms with Crippen molar-refractivity contribution in [2.45, 2.75) is 26.2 Å². The van der Waals surface area contributed by atoms with E-state index < -0.39 is 0 Å². The zero-order valence-corrected chi connectivity index (χ0v) is 12.6. The normalized spacial score (nSPS) is 10.3. The highest BCUT2D eigenvalue weighted by atomic mass is 35.5. The number of anilines is 1. The first-order chi connectivity index (χ1) is 9.76. The molecule has 0 unspecified atom stereocenters. The third kappa shape index (κ3) is 7.36. The molecule has 0 saturated carbocycles. The van der Waals surface area contributed by atoms with Crippen LogP contribution < -0.4 is 10.1 Å². The maximum absolute atomic E-state index is 11.6. The van der Waals surface area contributed by atoms with Gasteiger partial charge >= 0.3 is 0 Å². The fraction of sp³-hybridized carbons (Fsp3) is 0.533. The minimum absolute atomic E-state index is 0.0445. The molecular formula is C15H22ClNO3. The van der Waals surface area contributed by atoms with Crippen LogP contribution in [0.3, 0.4) is 0 Å². The Labute approximate surface area is 125 Å². The maximum atomic E-state index is 11.6. The van der Waals surface area contributed by atoms with E-state index in [4.69, 9.17) is 21.1 Å². The molecule has 0 saturated heterocycles. The lowest BCUT2D eigenvalue weighted by atomic mass is 10.3. The van der Waals surface area contributed by atoms with Crippen molar-refractivity contribution in [3.63, 3.8) is 0 Å². The van der Waals surface area contributed by atoms with E-state index in [2.05, 4.69) is 5.32 Å². The molecule has 0 fully saturated rings. The van der Waals surface area contributed by atoms with Crippen LogP contribution in [0.5, 0.6) is 5.75 Å². The van der Waals surface area contributed by atoms with Gasteiger partial charge in [-0.2, -0.15) is 0 Å². The van der Waals surface area contributed by atoms with Crippen LogP contribution in [0.4, 0.5) is 5.69 Å². The summed E-state index contributed by atoms with van der Waals surface area (Å²) in [6.07, 6.45) is 2.15. The second kappa shape index (κ2) is 10.5. The second-order valence-corrected chi connectivity index (χ2v) is 4.70. The lowest BCUT2D eigenvalue weighted by Crippen LogP contribution is -2.14. The van der Waals surface area contributed by atoms with Crippen molar-refractivity contribution in [2.24, 2.45) is 0 Å². The predicted octanol–water partition coefficient (Wildman–Crippen LogP) is 3.45. The van der Waals surface area contributed by atoms with Crippen molar-refractivity contribution in [1.82, 2.24) is 0 Å². The summed E-state index contributed by atoms with van der Waals surface area (Å²) in [6.45, 7) is 3.79. The number of hydrogen-bond acceptors (Lipinski definition) is 3. The van der Waals surface area contributed by atoms with Crippen molar-refractivity contribution >= 4 is 23.2 Å². The molecule has 1 rings (SSSR count). The minimum Gasteiger partial charge on any atom is -0.494 e. The average molecular weight is 300 g/mol. The van der Waals surface area contributed by atoms with Crippen LogP contribution in [0.15, 0.2) is 24.3 Å². The van der Waals surface area contributed by atoms with Gasteiger partial charge in [-0.25, -0.2) is 0 Å². The van der Waals surface area contributed by atoms with Gasteiger partial charge in [-0.05, 0) is 37.1 Å². The second-order valence-electron chi connectivity index (χ2n) is 4.33. The number of rotatable bonds is 10. The minimum atomic E-state index is -0.0445. The third-order valence-corrected chi connectivity index (χ3v) is 2.77. The molecule has 4 nitrogen and oxygen atoms in total. The lowest BCUT2D eigenvalue weighted by molar-refractivity contribution is -0.117. The third-order valence-electron chi connectivity index (χ3n) is 2.51. The molecule has 0 aliphatic rings. The van der Waals surface area contributed by atoms with Crippen LogP contribution in [0.25, 0.3) is 0 Å². The van der Waals surface area contributed by atoms with Crippen LogP contribution in [-0.4, -0.2) is 31.6 Å². The lowest BCUT2D eigenvalue weighted by Gasteiger charge is -2.08. The number of halogens is 1. The molecule has 0 aromatic heterocycles. The zero-order valence-electron chi connectivity index (χ0n) is 11.9. The highest BCUT2D eigenvalue weighted by Crippen LogP contribution is 2.16. The Bertz CT molecular complexity index is 381. The molecule has 0 aliphatic heterocycles. The highest BCUT2D eigenvalue weighted by molar-refractivity contribution is 6.17. The summed E-state index contributed by atoms with van der Waals surface area (Å²) in [4.78, 5) is 11.6. The summed E-state index contributed by atoms with van der Waals surface area (Å²) in [5.41, 5.74) is 0.759. The summed E-state index contributed by atoms with van der Waals surface area (Å²) in [6, 6.07) is 7.30. The van der Waals surface area contributed by atoms with E-state index in [-0.39, 0.29) is 5.91 Å². The van der Waals surface area contributed by atoms with Gasteiger partial charge < -0.3 is 14.8 Å². The van der Waals surface area contributed by atoms with E-state index in [9.17, 15) is 4.79 Å². The number of benzene rings is 1. The standard InChI is InChI=1S/C15H22ClNO3/c1-2-10-19-12-8-15(18)17-13-4-6-14(7-5-13)20-11-3-9-16/h4-7H,2-3,8-12H2,1H3,(H,17,18). The quantitative estimate of drug-likeness (QED) is 0.532. The Balaban J connectivity index is 2.27. The smallest absolute Gasteiger partial charge is 0.226 e. The molecule has 5 heteroatoms. The average Bonchev–Trinajstić information content (AvgIpc) is 2.46. The topological polar surface area (TPSA) is 47.6 Å². The summed E-state index contributed by atoms with van der Waals surface area (Å²) >= 11 is 5.57. The van der Waals surface area contributed by atoms with Gasteiger partial charge in [-0.3, -0.25) is 4.79 Å². The zero-order chi connectivity index (χ0) is 14.6. The summed E-state index contributed by atoms with van der Waals surface area (Å²) < 4.78 is 10.8. The Kier molecular flexibility index (Phi) is 8.83. The van der Waals surface area contributed by atoms with Crippen LogP contribution in [0.1, 0.15) is 26.2 Å². The van der Waals surface area contributed by atoms with Crippen LogP contribution in [0.2, 0.25) is 0 Å². The monoisotopic (exact) mass is 299 g/mol. The van der Waals surface area contributed by atoms with Crippen LogP contribution in [0, 0.1) is 0 Å². The molecule has 0 atom stereocenters. The highest BCUT2D eigenvalue weighted by Gasteiger charge is 2.02. The fourth-order valence-corrected chi connectivity index (χ4v) is 1.62. The van der Waals surface area contributed by atoms with Crippen molar-refractivity contribution in [1.29, 1.82) is 0 Å². The number of carbonyl (C=O) groups excluding carboxylic acids is 1. The van der Waals surface area contributed by atoms with Crippen LogP contribution >= 0.6 is 11.6 Å². The Morgan fingerprint density at radius 1 is 1.20 bits per heavy atom. The van der Waals surface area contributed by atoms with E-state index in [1.54, 1.807) is 0 Å².